The average Bonchev–Trinajstić information content (AvgIpc) is 2.83. The molecule has 33 heavy (non-hydrogen) atoms. The van der Waals surface area contributed by atoms with Crippen molar-refractivity contribution in [3.63, 3.8) is 0 Å². The molecule has 0 saturated carbocycles. The van der Waals surface area contributed by atoms with Crippen LogP contribution in [0.4, 0.5) is 10.1 Å². The van der Waals surface area contributed by atoms with E-state index >= 15 is 0 Å². The number of hydrogen-bond acceptors (Lipinski definition) is 4. The lowest BCUT2D eigenvalue weighted by molar-refractivity contribution is -0.126. The van der Waals surface area contributed by atoms with Gasteiger partial charge in [-0.3, -0.25) is 14.3 Å². The van der Waals surface area contributed by atoms with E-state index in [4.69, 9.17) is 0 Å². The van der Waals surface area contributed by atoms with Crippen molar-refractivity contribution < 1.29 is 22.4 Å². The fourth-order valence-electron chi connectivity index (χ4n) is 3.77. The molecule has 0 bridgehead atoms. The Labute approximate surface area is 194 Å². The van der Waals surface area contributed by atoms with Crippen LogP contribution in [0, 0.1) is 11.7 Å². The molecule has 2 N–H and O–H groups in total. The number of hydrogen-bond donors (Lipinski definition) is 2. The number of nitrogens with zero attached hydrogens (tertiary/aromatic N) is 1. The highest BCUT2D eigenvalue weighted by Gasteiger charge is 2.28. The van der Waals surface area contributed by atoms with Gasteiger partial charge in [-0.15, -0.1) is 0 Å². The average molecular weight is 476 g/mol. The molecule has 0 aromatic heterocycles. The molecule has 3 rings (SSSR count). The number of carbonyl (C=O) groups excluding carboxylic acids is 2. The van der Waals surface area contributed by atoms with Gasteiger partial charge in [0.15, 0.2) is 0 Å². The van der Waals surface area contributed by atoms with Crippen LogP contribution in [-0.2, 0) is 14.8 Å². The summed E-state index contributed by atoms with van der Waals surface area (Å²) in [4.78, 5) is 26.8. The highest BCUT2D eigenvalue weighted by molar-refractivity contribution is 7.92. The maximum atomic E-state index is 13.0. The van der Waals surface area contributed by atoms with Gasteiger partial charge in [0.05, 0.1) is 4.90 Å². The van der Waals surface area contributed by atoms with Crippen molar-refractivity contribution in [1.29, 1.82) is 0 Å². The van der Waals surface area contributed by atoms with Crippen LogP contribution in [0.1, 0.15) is 49.4 Å². The second-order valence-corrected chi connectivity index (χ2v) is 9.88. The summed E-state index contributed by atoms with van der Waals surface area (Å²) < 4.78 is 40.5. The van der Waals surface area contributed by atoms with E-state index in [0.29, 0.717) is 38.0 Å². The maximum Gasteiger partial charge on any atom is 0.261 e. The third-order valence-corrected chi connectivity index (χ3v) is 7.14. The zero-order chi connectivity index (χ0) is 23.8. The first-order chi connectivity index (χ1) is 15.8. The Morgan fingerprint density at radius 1 is 1.00 bits per heavy atom. The van der Waals surface area contributed by atoms with Crippen molar-refractivity contribution in [2.45, 2.75) is 43.9 Å². The molecule has 1 heterocycles. The van der Waals surface area contributed by atoms with E-state index in [9.17, 15) is 22.4 Å². The van der Waals surface area contributed by atoms with Crippen molar-refractivity contribution in [2.24, 2.45) is 5.92 Å². The number of carbonyl (C=O) groups is 2. The minimum Gasteiger partial charge on any atom is -0.356 e. The Balaban J connectivity index is 1.54. The van der Waals surface area contributed by atoms with Crippen molar-refractivity contribution >= 4 is 27.5 Å². The van der Waals surface area contributed by atoms with Crippen LogP contribution in [0.2, 0.25) is 0 Å². The standard InChI is InChI=1S/C24H30FN3O4S/c1-2-3-4-15-26-23(29)18-13-16-28(17-14-18)24(30)19-5-11-22(12-6-19)33(31,32)27-21-9-7-20(25)8-10-21/h5-12,18,27H,2-4,13-17H2,1H3,(H,26,29). The third-order valence-electron chi connectivity index (χ3n) is 5.74. The summed E-state index contributed by atoms with van der Waals surface area (Å²) in [5.74, 6) is -0.674. The molecule has 0 radical (unpaired) electrons. The number of nitrogens with one attached hydrogen (secondary N) is 2. The van der Waals surface area contributed by atoms with Gasteiger partial charge in [0.25, 0.3) is 15.9 Å². The monoisotopic (exact) mass is 475 g/mol. The van der Waals surface area contributed by atoms with Crippen LogP contribution in [0.15, 0.2) is 53.4 Å². The number of halogens is 1. The topological polar surface area (TPSA) is 95.6 Å². The fourth-order valence-corrected chi connectivity index (χ4v) is 4.83. The number of likely N-dealkylation sites (tertiary alicyclic amines) is 1. The van der Waals surface area contributed by atoms with E-state index < -0.39 is 15.8 Å². The highest BCUT2D eigenvalue weighted by atomic mass is 32.2. The minimum absolute atomic E-state index is 0.00169. The Morgan fingerprint density at radius 3 is 2.24 bits per heavy atom. The smallest absolute Gasteiger partial charge is 0.261 e. The summed E-state index contributed by atoms with van der Waals surface area (Å²) >= 11 is 0. The van der Waals surface area contributed by atoms with Crippen molar-refractivity contribution in [2.75, 3.05) is 24.4 Å². The quantitative estimate of drug-likeness (QED) is 0.540. The Kier molecular flexibility index (Phi) is 8.43. The van der Waals surface area contributed by atoms with Gasteiger partial charge in [0.2, 0.25) is 5.91 Å². The number of benzene rings is 2. The molecule has 7 nitrogen and oxygen atoms in total. The first kappa shape index (κ1) is 24.7. The highest BCUT2D eigenvalue weighted by Crippen LogP contribution is 2.21. The third kappa shape index (κ3) is 6.77. The Hall–Kier alpha value is -2.94. The molecular weight excluding hydrogens is 445 g/mol. The van der Waals surface area contributed by atoms with Gasteiger partial charge >= 0.3 is 0 Å². The van der Waals surface area contributed by atoms with Gasteiger partial charge in [-0.1, -0.05) is 19.8 Å². The zero-order valence-electron chi connectivity index (χ0n) is 18.7. The molecular formula is C24H30FN3O4S. The molecule has 1 saturated heterocycles. The normalized spacial score (nSPS) is 14.7. The van der Waals surface area contributed by atoms with E-state index in [0.717, 1.165) is 19.3 Å². The first-order valence-corrected chi connectivity index (χ1v) is 12.7. The SMILES string of the molecule is CCCCCNC(=O)C1CCN(C(=O)c2ccc(S(=O)(=O)Nc3ccc(F)cc3)cc2)CC1. The summed E-state index contributed by atoms with van der Waals surface area (Å²) in [7, 11) is -3.86. The molecule has 1 aliphatic rings. The lowest BCUT2D eigenvalue weighted by atomic mass is 9.95. The molecule has 178 valence electrons. The van der Waals surface area contributed by atoms with Crippen molar-refractivity contribution in [3.8, 4) is 0 Å². The number of unbranched alkanes of at least 4 members (excludes halogenated alkanes) is 2. The van der Waals surface area contributed by atoms with E-state index in [1.165, 1.54) is 48.5 Å². The van der Waals surface area contributed by atoms with Crippen LogP contribution in [0.3, 0.4) is 0 Å². The van der Waals surface area contributed by atoms with E-state index in [-0.39, 0.29) is 28.3 Å². The van der Waals surface area contributed by atoms with E-state index in [2.05, 4.69) is 17.0 Å². The minimum atomic E-state index is -3.86. The first-order valence-electron chi connectivity index (χ1n) is 11.3. The van der Waals surface area contributed by atoms with E-state index in [1.54, 1.807) is 4.90 Å². The predicted molar refractivity (Wildman–Crippen MR) is 125 cm³/mol. The second-order valence-electron chi connectivity index (χ2n) is 8.20. The Morgan fingerprint density at radius 2 is 1.64 bits per heavy atom. The Bertz CT molecular complexity index is 1050. The summed E-state index contributed by atoms with van der Waals surface area (Å²) in [6.07, 6.45) is 4.40. The molecule has 0 spiro atoms. The molecule has 1 aliphatic heterocycles. The van der Waals surface area contributed by atoms with E-state index in [1.807, 2.05) is 0 Å². The number of rotatable bonds is 9. The number of anilines is 1. The summed E-state index contributed by atoms with van der Waals surface area (Å²) in [5, 5.41) is 2.98. The summed E-state index contributed by atoms with van der Waals surface area (Å²) in [6, 6.07) is 10.7. The van der Waals surface area contributed by atoms with Crippen LogP contribution < -0.4 is 10.0 Å². The molecule has 0 atom stereocenters. The summed E-state index contributed by atoms with van der Waals surface area (Å²) in [5.41, 5.74) is 0.632. The lowest BCUT2D eigenvalue weighted by Crippen LogP contribution is -2.43. The van der Waals surface area contributed by atoms with Crippen LogP contribution in [0.5, 0.6) is 0 Å². The molecule has 1 fully saturated rings. The molecule has 0 aliphatic carbocycles. The zero-order valence-corrected chi connectivity index (χ0v) is 19.5. The molecule has 9 heteroatoms. The van der Waals surface area contributed by atoms with Crippen LogP contribution in [-0.4, -0.2) is 44.8 Å². The van der Waals surface area contributed by atoms with Gasteiger partial charge in [-0.05, 0) is 67.8 Å². The maximum absolute atomic E-state index is 13.0. The van der Waals surface area contributed by atoms with Crippen LogP contribution >= 0.6 is 0 Å². The second kappa shape index (κ2) is 11.3. The molecule has 0 unspecified atom stereocenters. The largest absolute Gasteiger partial charge is 0.356 e. The predicted octanol–water partition coefficient (Wildman–Crippen LogP) is 3.79. The number of amides is 2. The lowest BCUT2D eigenvalue weighted by Gasteiger charge is -2.31. The molecule has 2 aromatic carbocycles. The fraction of sp³-hybridized carbons (Fsp3) is 0.417. The number of sulfonamides is 1. The van der Waals surface area contributed by atoms with Crippen molar-refractivity contribution in [3.05, 3.63) is 59.9 Å². The molecule has 2 amide bonds. The van der Waals surface area contributed by atoms with Gasteiger partial charge in [0, 0.05) is 36.8 Å². The summed E-state index contributed by atoms with van der Waals surface area (Å²) in [6.45, 7) is 3.78. The van der Waals surface area contributed by atoms with Gasteiger partial charge in [0.1, 0.15) is 5.82 Å². The van der Waals surface area contributed by atoms with Gasteiger partial charge < -0.3 is 10.2 Å². The number of piperidine rings is 1. The van der Waals surface area contributed by atoms with Gasteiger partial charge in [-0.2, -0.15) is 0 Å². The molecule has 2 aromatic rings. The van der Waals surface area contributed by atoms with Crippen LogP contribution in [0.25, 0.3) is 0 Å². The van der Waals surface area contributed by atoms with Gasteiger partial charge in [-0.25, -0.2) is 12.8 Å². The van der Waals surface area contributed by atoms with Crippen molar-refractivity contribution in [1.82, 2.24) is 10.2 Å².